The summed E-state index contributed by atoms with van der Waals surface area (Å²) in [7, 11) is 0.264. The summed E-state index contributed by atoms with van der Waals surface area (Å²) in [4.78, 5) is 12.5. The summed E-state index contributed by atoms with van der Waals surface area (Å²) in [5, 5.41) is 1.61. The molecule has 2 heterocycles. The van der Waals surface area contributed by atoms with Crippen LogP contribution in [0.25, 0.3) is 11.0 Å². The number of anilines is 1. The maximum atomic E-state index is 6.23. The molecule has 0 saturated carbocycles. The fraction of sp³-hybridized carbons (Fsp3) is 0.538. The Balaban J connectivity index is 2.44. The van der Waals surface area contributed by atoms with Crippen molar-refractivity contribution in [1.29, 1.82) is 0 Å². The van der Waals surface area contributed by atoms with Crippen LogP contribution in [-0.2, 0) is 7.05 Å². The van der Waals surface area contributed by atoms with E-state index >= 15 is 0 Å². The molecule has 19 heavy (non-hydrogen) atoms. The number of nitrogens with one attached hydrogen (secondary N) is 1. The van der Waals surface area contributed by atoms with Crippen molar-refractivity contribution in [3.8, 4) is 0 Å². The van der Waals surface area contributed by atoms with Gasteiger partial charge in [-0.05, 0) is 11.1 Å². The Bertz CT molecular complexity index is 613. The standard InChI is InChI=1S/C13H21ClN4Si/c1-13(2,3)19(5,6)17-12-15-10(14)9-7-8-18(4)11(9)16-12/h7-8H,1-6H3,(H,15,16,17). The third-order valence-electron chi connectivity index (χ3n) is 3.98. The Morgan fingerprint density at radius 1 is 1.26 bits per heavy atom. The first kappa shape index (κ1) is 14.3. The minimum absolute atomic E-state index is 0.214. The summed E-state index contributed by atoms with van der Waals surface area (Å²) < 4.78 is 1.96. The fourth-order valence-electron chi connectivity index (χ4n) is 1.62. The van der Waals surface area contributed by atoms with Crippen LogP contribution < -0.4 is 4.98 Å². The Morgan fingerprint density at radius 3 is 2.47 bits per heavy atom. The summed E-state index contributed by atoms with van der Waals surface area (Å²) in [5.74, 6) is 0.630. The molecule has 0 atom stereocenters. The summed E-state index contributed by atoms with van der Waals surface area (Å²) in [6, 6.07) is 1.94. The van der Waals surface area contributed by atoms with Crippen LogP contribution in [0.3, 0.4) is 0 Å². The Morgan fingerprint density at radius 2 is 1.89 bits per heavy atom. The topological polar surface area (TPSA) is 42.7 Å². The van der Waals surface area contributed by atoms with Gasteiger partial charge in [-0.2, -0.15) is 4.98 Å². The molecule has 0 radical (unpaired) electrons. The summed E-state index contributed by atoms with van der Waals surface area (Å²) in [6.45, 7) is 11.3. The van der Waals surface area contributed by atoms with Gasteiger partial charge in [-0.15, -0.1) is 0 Å². The van der Waals surface area contributed by atoms with Gasteiger partial charge in [0, 0.05) is 13.2 Å². The van der Waals surface area contributed by atoms with Crippen molar-refractivity contribution in [3.63, 3.8) is 0 Å². The molecule has 6 heteroatoms. The van der Waals surface area contributed by atoms with E-state index in [9.17, 15) is 0 Å². The highest BCUT2D eigenvalue weighted by Gasteiger charge is 2.36. The Hall–Kier alpha value is -1.07. The van der Waals surface area contributed by atoms with E-state index in [1.54, 1.807) is 0 Å². The number of fused-ring (bicyclic) bond motifs is 1. The molecule has 0 fully saturated rings. The van der Waals surface area contributed by atoms with Crippen LogP contribution in [-0.4, -0.2) is 22.8 Å². The zero-order valence-corrected chi connectivity index (χ0v) is 14.1. The van der Waals surface area contributed by atoms with Crippen molar-refractivity contribution >= 4 is 36.8 Å². The molecule has 104 valence electrons. The highest BCUT2D eigenvalue weighted by molar-refractivity contribution is 6.82. The van der Waals surface area contributed by atoms with Crippen molar-refractivity contribution in [2.45, 2.75) is 38.9 Å². The molecule has 0 aliphatic carbocycles. The first-order chi connectivity index (χ1) is 8.62. The molecule has 0 aromatic carbocycles. The number of rotatable bonds is 2. The van der Waals surface area contributed by atoms with Gasteiger partial charge in [0.1, 0.15) is 10.8 Å². The third kappa shape index (κ3) is 2.62. The fourth-order valence-corrected chi connectivity index (χ4v) is 2.90. The van der Waals surface area contributed by atoms with E-state index in [2.05, 4.69) is 48.8 Å². The lowest BCUT2D eigenvalue weighted by molar-refractivity contribution is 0.722. The van der Waals surface area contributed by atoms with Crippen molar-refractivity contribution in [1.82, 2.24) is 14.5 Å². The van der Waals surface area contributed by atoms with Crippen LogP contribution in [0.5, 0.6) is 0 Å². The highest BCUT2D eigenvalue weighted by atomic mass is 35.5. The Labute approximate surface area is 120 Å². The molecular formula is C13H21ClN4Si. The van der Waals surface area contributed by atoms with Gasteiger partial charge in [0.25, 0.3) is 0 Å². The molecular weight excluding hydrogens is 276 g/mol. The Kier molecular flexibility index (Phi) is 3.39. The zero-order valence-electron chi connectivity index (χ0n) is 12.4. The molecule has 1 N–H and O–H groups in total. The van der Waals surface area contributed by atoms with Crippen LogP contribution in [0.15, 0.2) is 12.3 Å². The average Bonchev–Trinajstić information content (AvgIpc) is 2.59. The molecule has 0 saturated heterocycles. The van der Waals surface area contributed by atoms with Crippen LogP contribution in [0.4, 0.5) is 5.95 Å². The average molecular weight is 297 g/mol. The monoisotopic (exact) mass is 296 g/mol. The lowest BCUT2D eigenvalue weighted by atomic mass is 10.2. The predicted molar refractivity (Wildman–Crippen MR) is 84.3 cm³/mol. The van der Waals surface area contributed by atoms with Crippen molar-refractivity contribution < 1.29 is 0 Å². The second kappa shape index (κ2) is 4.49. The third-order valence-corrected chi connectivity index (χ3v) is 8.86. The van der Waals surface area contributed by atoms with Crippen molar-refractivity contribution in [2.75, 3.05) is 4.98 Å². The normalized spacial score (nSPS) is 13.0. The lowest BCUT2D eigenvalue weighted by Gasteiger charge is -2.37. The first-order valence-electron chi connectivity index (χ1n) is 6.38. The van der Waals surface area contributed by atoms with Crippen LogP contribution in [0.2, 0.25) is 23.3 Å². The van der Waals surface area contributed by atoms with Gasteiger partial charge in [-0.3, -0.25) is 0 Å². The van der Waals surface area contributed by atoms with Gasteiger partial charge >= 0.3 is 0 Å². The summed E-state index contributed by atoms with van der Waals surface area (Å²) in [5.41, 5.74) is 0.862. The van der Waals surface area contributed by atoms with Gasteiger partial charge in [0.15, 0.2) is 8.24 Å². The predicted octanol–water partition coefficient (Wildman–Crippen LogP) is 4.04. The number of aromatic nitrogens is 3. The second-order valence-electron chi connectivity index (χ2n) is 6.50. The van der Waals surface area contributed by atoms with Crippen molar-refractivity contribution in [3.05, 3.63) is 17.4 Å². The maximum Gasteiger partial charge on any atom is 0.218 e. The second-order valence-corrected chi connectivity index (χ2v) is 11.9. The SMILES string of the molecule is Cn1ccc2c(Cl)nc(N[Si](C)(C)C(C)(C)C)nc21. The minimum atomic E-state index is -1.70. The van der Waals surface area contributed by atoms with Gasteiger partial charge < -0.3 is 9.55 Å². The molecule has 2 aromatic rings. The molecule has 0 bridgehead atoms. The molecule has 0 amide bonds. The molecule has 0 unspecified atom stereocenters. The van der Waals surface area contributed by atoms with E-state index in [1.807, 2.05) is 23.9 Å². The lowest BCUT2D eigenvalue weighted by Crippen LogP contribution is -2.46. The molecule has 0 aliphatic heterocycles. The van der Waals surface area contributed by atoms with Crippen LogP contribution >= 0.6 is 11.6 Å². The van der Waals surface area contributed by atoms with E-state index in [0.29, 0.717) is 11.1 Å². The minimum Gasteiger partial charge on any atom is -0.380 e. The number of halogens is 1. The van der Waals surface area contributed by atoms with Crippen LogP contribution in [0.1, 0.15) is 20.8 Å². The summed E-state index contributed by atoms with van der Waals surface area (Å²) in [6.07, 6.45) is 1.95. The molecule has 4 nitrogen and oxygen atoms in total. The number of hydrogen-bond acceptors (Lipinski definition) is 3. The largest absolute Gasteiger partial charge is 0.380 e. The molecule has 0 spiro atoms. The molecule has 2 aromatic heterocycles. The smallest absolute Gasteiger partial charge is 0.218 e. The van der Waals surface area contributed by atoms with Gasteiger partial charge in [0.05, 0.1) is 5.39 Å². The number of aryl methyl sites for hydroxylation is 1. The van der Waals surface area contributed by atoms with Gasteiger partial charge in [0.2, 0.25) is 5.95 Å². The van der Waals surface area contributed by atoms with E-state index < -0.39 is 8.24 Å². The number of hydrogen-bond donors (Lipinski definition) is 1. The van der Waals surface area contributed by atoms with E-state index in [4.69, 9.17) is 11.6 Å². The summed E-state index contributed by atoms with van der Waals surface area (Å²) >= 11 is 6.23. The van der Waals surface area contributed by atoms with Gasteiger partial charge in [-0.1, -0.05) is 45.5 Å². The number of nitrogens with zero attached hydrogens (tertiary/aromatic N) is 3. The first-order valence-corrected chi connectivity index (χ1v) is 9.76. The van der Waals surface area contributed by atoms with Crippen molar-refractivity contribution in [2.24, 2.45) is 7.05 Å². The van der Waals surface area contributed by atoms with E-state index in [1.165, 1.54) is 0 Å². The van der Waals surface area contributed by atoms with E-state index in [0.717, 1.165) is 11.0 Å². The van der Waals surface area contributed by atoms with Gasteiger partial charge in [-0.25, -0.2) is 4.98 Å². The maximum absolute atomic E-state index is 6.23. The zero-order chi connectivity index (χ0) is 14.4. The quantitative estimate of drug-likeness (QED) is 0.672. The van der Waals surface area contributed by atoms with Crippen LogP contribution in [0, 0.1) is 0 Å². The molecule has 0 aliphatic rings. The molecule has 2 rings (SSSR count). The highest BCUT2D eigenvalue weighted by Crippen LogP contribution is 2.36. The van der Waals surface area contributed by atoms with E-state index in [-0.39, 0.29) is 5.04 Å².